The van der Waals surface area contributed by atoms with Crippen LogP contribution in [0.15, 0.2) is 24.3 Å². The zero-order chi connectivity index (χ0) is 17.1. The van der Waals surface area contributed by atoms with E-state index in [-0.39, 0.29) is 11.9 Å². The van der Waals surface area contributed by atoms with E-state index in [0.717, 1.165) is 0 Å². The van der Waals surface area contributed by atoms with Gasteiger partial charge in [-0.2, -0.15) is 0 Å². The normalized spacial score (nSPS) is 17.7. The standard InChI is InChI=1S/C16H19FN2O4/c1-10(2)19(9-14(20)21)16(23)13-7-8-18(15(13)22)12-5-3-11(17)4-6-12/h3-6,10,13H,7-9H2,1-2H3,(H,20,21). The van der Waals surface area contributed by atoms with Crippen LogP contribution in [0.25, 0.3) is 0 Å². The highest BCUT2D eigenvalue weighted by atomic mass is 19.1. The number of carbonyl (C=O) groups excluding carboxylic acids is 2. The van der Waals surface area contributed by atoms with Gasteiger partial charge in [0.2, 0.25) is 11.8 Å². The van der Waals surface area contributed by atoms with Crippen molar-refractivity contribution in [3.8, 4) is 0 Å². The second-order valence-electron chi connectivity index (χ2n) is 5.76. The van der Waals surface area contributed by atoms with Gasteiger partial charge in [0.15, 0.2) is 0 Å². The summed E-state index contributed by atoms with van der Waals surface area (Å²) < 4.78 is 13.0. The average molecular weight is 322 g/mol. The maximum atomic E-state index is 13.0. The summed E-state index contributed by atoms with van der Waals surface area (Å²) in [5.41, 5.74) is 0.529. The molecule has 1 fully saturated rings. The zero-order valence-corrected chi connectivity index (χ0v) is 13.0. The van der Waals surface area contributed by atoms with E-state index < -0.39 is 30.2 Å². The number of benzene rings is 1. The van der Waals surface area contributed by atoms with E-state index in [4.69, 9.17) is 5.11 Å². The highest BCUT2D eigenvalue weighted by molar-refractivity contribution is 6.10. The maximum absolute atomic E-state index is 13.0. The number of halogens is 1. The molecule has 1 unspecified atom stereocenters. The van der Waals surface area contributed by atoms with E-state index in [1.165, 1.54) is 34.1 Å². The predicted molar refractivity (Wildman–Crippen MR) is 81.3 cm³/mol. The number of amides is 2. The van der Waals surface area contributed by atoms with Crippen LogP contribution in [0.3, 0.4) is 0 Å². The van der Waals surface area contributed by atoms with Crippen LogP contribution in [-0.2, 0) is 14.4 Å². The molecule has 7 heteroatoms. The summed E-state index contributed by atoms with van der Waals surface area (Å²) >= 11 is 0. The van der Waals surface area contributed by atoms with Crippen molar-refractivity contribution < 1.29 is 23.9 Å². The summed E-state index contributed by atoms with van der Waals surface area (Å²) in [5, 5.41) is 8.92. The summed E-state index contributed by atoms with van der Waals surface area (Å²) in [6.07, 6.45) is 0.317. The number of aliphatic carboxylic acids is 1. The highest BCUT2D eigenvalue weighted by Crippen LogP contribution is 2.27. The number of nitrogens with zero attached hydrogens (tertiary/aromatic N) is 2. The molecule has 0 aliphatic carbocycles. The first-order chi connectivity index (χ1) is 10.8. The van der Waals surface area contributed by atoms with E-state index in [2.05, 4.69) is 0 Å². The lowest BCUT2D eigenvalue weighted by Crippen LogP contribution is -2.46. The van der Waals surface area contributed by atoms with Crippen molar-refractivity contribution in [1.82, 2.24) is 4.90 Å². The quantitative estimate of drug-likeness (QED) is 0.833. The maximum Gasteiger partial charge on any atom is 0.323 e. The van der Waals surface area contributed by atoms with Crippen molar-refractivity contribution in [1.29, 1.82) is 0 Å². The van der Waals surface area contributed by atoms with Gasteiger partial charge in [-0.1, -0.05) is 0 Å². The van der Waals surface area contributed by atoms with Crippen LogP contribution in [-0.4, -0.2) is 46.9 Å². The Labute approximate surface area is 133 Å². The van der Waals surface area contributed by atoms with Gasteiger partial charge in [0.1, 0.15) is 18.3 Å². The molecule has 1 saturated heterocycles. The third-order valence-electron chi connectivity index (χ3n) is 3.85. The Balaban J connectivity index is 2.15. The molecule has 0 aromatic heterocycles. The molecule has 1 N–H and O–H groups in total. The van der Waals surface area contributed by atoms with Gasteiger partial charge in [-0.05, 0) is 44.5 Å². The van der Waals surface area contributed by atoms with Gasteiger partial charge < -0.3 is 14.9 Å². The second-order valence-corrected chi connectivity index (χ2v) is 5.76. The Morgan fingerprint density at radius 3 is 2.48 bits per heavy atom. The number of carboxylic acid groups (broad SMARTS) is 1. The van der Waals surface area contributed by atoms with Gasteiger partial charge >= 0.3 is 5.97 Å². The fourth-order valence-corrected chi connectivity index (χ4v) is 2.65. The number of anilines is 1. The molecule has 124 valence electrons. The van der Waals surface area contributed by atoms with Crippen molar-refractivity contribution in [2.24, 2.45) is 5.92 Å². The van der Waals surface area contributed by atoms with Crippen LogP contribution in [0.1, 0.15) is 20.3 Å². The van der Waals surface area contributed by atoms with Crippen LogP contribution in [0, 0.1) is 11.7 Å². The summed E-state index contributed by atoms with van der Waals surface area (Å²) in [7, 11) is 0. The Morgan fingerprint density at radius 2 is 1.96 bits per heavy atom. The first-order valence-corrected chi connectivity index (χ1v) is 7.40. The molecule has 2 rings (SSSR count). The third-order valence-corrected chi connectivity index (χ3v) is 3.85. The van der Waals surface area contributed by atoms with Crippen LogP contribution < -0.4 is 4.90 Å². The molecular formula is C16H19FN2O4. The SMILES string of the molecule is CC(C)N(CC(=O)O)C(=O)C1CCN(c2ccc(F)cc2)C1=O. The number of hydrogen-bond acceptors (Lipinski definition) is 3. The molecule has 23 heavy (non-hydrogen) atoms. The van der Waals surface area contributed by atoms with Crippen molar-refractivity contribution in [2.75, 3.05) is 18.0 Å². The Hall–Kier alpha value is -2.44. The molecule has 1 aromatic carbocycles. The van der Waals surface area contributed by atoms with Crippen molar-refractivity contribution in [2.45, 2.75) is 26.3 Å². The molecule has 6 nitrogen and oxygen atoms in total. The van der Waals surface area contributed by atoms with E-state index in [1.807, 2.05) is 0 Å². The fourth-order valence-electron chi connectivity index (χ4n) is 2.65. The molecule has 0 spiro atoms. The minimum atomic E-state index is -1.12. The minimum absolute atomic E-state index is 0.314. The Morgan fingerprint density at radius 1 is 1.35 bits per heavy atom. The number of carbonyl (C=O) groups is 3. The Kier molecular flexibility index (Phi) is 4.98. The van der Waals surface area contributed by atoms with E-state index in [9.17, 15) is 18.8 Å². The molecular weight excluding hydrogens is 303 g/mol. The summed E-state index contributed by atoms with van der Waals surface area (Å²) in [6, 6.07) is 5.16. The van der Waals surface area contributed by atoms with Crippen LogP contribution >= 0.6 is 0 Å². The smallest absolute Gasteiger partial charge is 0.323 e. The molecule has 1 aliphatic heterocycles. The lowest BCUT2D eigenvalue weighted by atomic mass is 10.1. The van der Waals surface area contributed by atoms with E-state index >= 15 is 0 Å². The van der Waals surface area contributed by atoms with Gasteiger partial charge in [-0.25, -0.2) is 4.39 Å². The van der Waals surface area contributed by atoms with Crippen LogP contribution in [0.4, 0.5) is 10.1 Å². The van der Waals surface area contributed by atoms with E-state index in [1.54, 1.807) is 13.8 Å². The van der Waals surface area contributed by atoms with Crippen LogP contribution in [0.5, 0.6) is 0 Å². The van der Waals surface area contributed by atoms with Crippen LogP contribution in [0.2, 0.25) is 0 Å². The van der Waals surface area contributed by atoms with Gasteiger partial charge in [0.25, 0.3) is 0 Å². The fraction of sp³-hybridized carbons (Fsp3) is 0.438. The molecule has 0 radical (unpaired) electrons. The van der Waals surface area contributed by atoms with Gasteiger partial charge in [0.05, 0.1) is 0 Å². The van der Waals surface area contributed by atoms with Crippen molar-refractivity contribution >= 4 is 23.5 Å². The topological polar surface area (TPSA) is 77.9 Å². The highest BCUT2D eigenvalue weighted by Gasteiger charge is 2.40. The first-order valence-electron chi connectivity index (χ1n) is 7.40. The van der Waals surface area contributed by atoms with Gasteiger partial charge in [-0.3, -0.25) is 14.4 Å². The first kappa shape index (κ1) is 16.9. The zero-order valence-electron chi connectivity index (χ0n) is 13.0. The number of carboxylic acids is 1. The molecule has 1 aliphatic rings. The largest absolute Gasteiger partial charge is 0.480 e. The monoisotopic (exact) mass is 322 g/mol. The molecule has 1 heterocycles. The Bertz CT molecular complexity index is 615. The van der Waals surface area contributed by atoms with Gasteiger partial charge in [0, 0.05) is 18.3 Å². The third kappa shape index (κ3) is 3.67. The molecule has 0 bridgehead atoms. The van der Waals surface area contributed by atoms with Crippen molar-refractivity contribution in [3.05, 3.63) is 30.1 Å². The molecule has 1 atom stereocenters. The average Bonchev–Trinajstić information content (AvgIpc) is 2.86. The van der Waals surface area contributed by atoms with Gasteiger partial charge in [-0.15, -0.1) is 0 Å². The summed E-state index contributed by atoms with van der Waals surface area (Å²) in [5.74, 6) is -3.26. The molecule has 1 aromatic rings. The lowest BCUT2D eigenvalue weighted by Gasteiger charge is -2.27. The molecule has 2 amide bonds. The summed E-state index contributed by atoms with van der Waals surface area (Å²) in [6.45, 7) is 3.33. The summed E-state index contributed by atoms with van der Waals surface area (Å²) in [4.78, 5) is 38.5. The minimum Gasteiger partial charge on any atom is -0.480 e. The lowest BCUT2D eigenvalue weighted by molar-refractivity contribution is -0.149. The number of rotatable bonds is 5. The number of hydrogen-bond donors (Lipinski definition) is 1. The molecule has 0 saturated carbocycles. The van der Waals surface area contributed by atoms with E-state index in [0.29, 0.717) is 18.7 Å². The van der Waals surface area contributed by atoms with Crippen molar-refractivity contribution in [3.63, 3.8) is 0 Å². The second kappa shape index (κ2) is 6.76. The predicted octanol–water partition coefficient (Wildman–Crippen LogP) is 1.50.